The minimum absolute atomic E-state index is 0.178. The molecule has 1 heterocycles. The van der Waals surface area contributed by atoms with E-state index in [2.05, 4.69) is 27.7 Å². The summed E-state index contributed by atoms with van der Waals surface area (Å²) in [5, 5.41) is 13.0. The van der Waals surface area contributed by atoms with E-state index in [1.54, 1.807) is 0 Å². The maximum absolute atomic E-state index is 8.79. The molecule has 0 spiro atoms. The second kappa shape index (κ2) is 3.33. The van der Waals surface area contributed by atoms with E-state index in [0.29, 0.717) is 12.5 Å². The molecule has 0 aromatic carbocycles. The molecule has 0 radical (unpaired) electrons. The van der Waals surface area contributed by atoms with Crippen molar-refractivity contribution >= 4 is 22.6 Å². The Morgan fingerprint density at radius 1 is 1.67 bits per heavy atom. The fourth-order valence-corrected chi connectivity index (χ4v) is 2.25. The zero-order chi connectivity index (χ0) is 8.55. The minimum Gasteiger partial charge on any atom is -0.394 e. The molecule has 0 saturated heterocycles. The van der Waals surface area contributed by atoms with Crippen LogP contribution in [0.4, 0.5) is 0 Å². The first kappa shape index (κ1) is 8.50. The van der Waals surface area contributed by atoms with Gasteiger partial charge < -0.3 is 5.11 Å². The molecule has 1 fully saturated rings. The van der Waals surface area contributed by atoms with E-state index in [9.17, 15) is 0 Å². The maximum Gasteiger partial charge on any atom is 0.0644 e. The number of rotatable bonds is 3. The molecule has 1 saturated carbocycles. The van der Waals surface area contributed by atoms with Crippen molar-refractivity contribution in [3.05, 3.63) is 15.5 Å². The lowest BCUT2D eigenvalue weighted by molar-refractivity contribution is 0.267. The monoisotopic (exact) mass is 278 g/mol. The molecule has 3 nitrogen and oxygen atoms in total. The molecular formula is C8H11IN2O. The molecule has 66 valence electrons. The number of hydrogen-bond donors (Lipinski definition) is 1. The van der Waals surface area contributed by atoms with Gasteiger partial charge in [-0.3, -0.25) is 4.68 Å². The molecule has 4 heteroatoms. The summed E-state index contributed by atoms with van der Waals surface area (Å²) in [4.78, 5) is 0. The molecule has 1 N–H and O–H groups in total. The molecule has 0 aliphatic heterocycles. The lowest BCUT2D eigenvalue weighted by atomic mass is 10.3. The molecule has 0 amide bonds. The Bertz CT molecular complexity index is 281. The van der Waals surface area contributed by atoms with Gasteiger partial charge in [-0.25, -0.2) is 0 Å². The van der Waals surface area contributed by atoms with Crippen LogP contribution in [-0.4, -0.2) is 21.5 Å². The van der Waals surface area contributed by atoms with Crippen LogP contribution in [0.5, 0.6) is 0 Å². The summed E-state index contributed by atoms with van der Waals surface area (Å²) >= 11 is 2.31. The molecular weight excluding hydrogens is 267 g/mol. The van der Waals surface area contributed by atoms with Crippen molar-refractivity contribution in [2.45, 2.75) is 25.3 Å². The number of halogens is 1. The third kappa shape index (κ3) is 1.50. The van der Waals surface area contributed by atoms with Gasteiger partial charge in [-0.2, -0.15) is 5.10 Å². The van der Waals surface area contributed by atoms with Gasteiger partial charge in [0.25, 0.3) is 0 Å². The minimum atomic E-state index is 0.178. The highest BCUT2D eigenvalue weighted by atomic mass is 127. The van der Waals surface area contributed by atoms with Crippen molar-refractivity contribution in [3.63, 3.8) is 0 Å². The molecule has 0 bridgehead atoms. The number of aliphatic hydroxyl groups is 1. The summed E-state index contributed by atoms with van der Waals surface area (Å²) in [6.07, 6.45) is 4.45. The van der Waals surface area contributed by atoms with Crippen LogP contribution in [0.25, 0.3) is 0 Å². The van der Waals surface area contributed by atoms with Crippen molar-refractivity contribution in [2.75, 3.05) is 6.61 Å². The zero-order valence-corrected chi connectivity index (χ0v) is 8.86. The van der Waals surface area contributed by atoms with E-state index >= 15 is 0 Å². The second-order valence-corrected chi connectivity index (χ2v) is 4.26. The van der Waals surface area contributed by atoms with Crippen LogP contribution in [0.1, 0.15) is 24.5 Å². The summed E-state index contributed by atoms with van der Waals surface area (Å²) in [6, 6.07) is 0. The van der Waals surface area contributed by atoms with Crippen LogP contribution < -0.4 is 0 Å². The third-order valence-electron chi connectivity index (χ3n) is 2.11. The predicted octanol–water partition coefficient (Wildman–Crippen LogP) is 1.36. The van der Waals surface area contributed by atoms with Gasteiger partial charge in [-0.05, 0) is 35.4 Å². The molecule has 12 heavy (non-hydrogen) atoms. The quantitative estimate of drug-likeness (QED) is 0.848. The van der Waals surface area contributed by atoms with Crippen molar-refractivity contribution in [1.82, 2.24) is 9.78 Å². The fourth-order valence-electron chi connectivity index (χ4n) is 1.41. The lowest BCUT2D eigenvalue weighted by Crippen LogP contribution is -2.07. The molecule has 1 aliphatic rings. The van der Waals surface area contributed by atoms with E-state index in [1.165, 1.54) is 22.1 Å². The van der Waals surface area contributed by atoms with Crippen LogP contribution in [0.3, 0.4) is 0 Å². The number of nitrogens with zero attached hydrogens (tertiary/aromatic N) is 2. The first-order chi connectivity index (χ1) is 5.83. The Labute approximate surface area is 84.9 Å². The van der Waals surface area contributed by atoms with Gasteiger partial charge >= 0.3 is 0 Å². The highest BCUT2D eigenvalue weighted by Crippen LogP contribution is 2.41. The highest BCUT2D eigenvalue weighted by molar-refractivity contribution is 14.1. The third-order valence-corrected chi connectivity index (χ3v) is 2.94. The topological polar surface area (TPSA) is 38.0 Å². The van der Waals surface area contributed by atoms with Crippen molar-refractivity contribution in [1.29, 1.82) is 0 Å². The zero-order valence-electron chi connectivity index (χ0n) is 6.70. The molecule has 2 rings (SSSR count). The number of hydrogen-bond acceptors (Lipinski definition) is 2. The number of aromatic nitrogens is 2. The van der Waals surface area contributed by atoms with E-state index in [-0.39, 0.29) is 6.61 Å². The Hall–Kier alpha value is -0.100. The van der Waals surface area contributed by atoms with E-state index in [1.807, 2.05) is 10.9 Å². The Morgan fingerprint density at radius 2 is 2.42 bits per heavy atom. The van der Waals surface area contributed by atoms with Crippen LogP contribution in [0.2, 0.25) is 0 Å². The van der Waals surface area contributed by atoms with Crippen LogP contribution in [0, 0.1) is 3.57 Å². The largest absolute Gasteiger partial charge is 0.394 e. The Kier molecular flexibility index (Phi) is 2.36. The first-order valence-electron chi connectivity index (χ1n) is 4.15. The maximum atomic E-state index is 8.79. The van der Waals surface area contributed by atoms with Crippen molar-refractivity contribution in [3.8, 4) is 0 Å². The Morgan fingerprint density at radius 3 is 3.00 bits per heavy atom. The summed E-state index contributed by atoms with van der Waals surface area (Å²) in [6.45, 7) is 0.812. The molecule has 0 unspecified atom stereocenters. The molecule has 1 aliphatic carbocycles. The van der Waals surface area contributed by atoms with Gasteiger partial charge in [0.1, 0.15) is 0 Å². The summed E-state index contributed by atoms with van der Waals surface area (Å²) in [5.74, 6) is 0.714. The smallest absolute Gasteiger partial charge is 0.0644 e. The van der Waals surface area contributed by atoms with Crippen LogP contribution >= 0.6 is 22.6 Å². The summed E-state index contributed by atoms with van der Waals surface area (Å²) in [7, 11) is 0. The van der Waals surface area contributed by atoms with Gasteiger partial charge in [0.2, 0.25) is 0 Å². The fraction of sp³-hybridized carbons (Fsp3) is 0.625. The Balaban J connectivity index is 2.27. The molecule has 1 aromatic rings. The van der Waals surface area contributed by atoms with Gasteiger partial charge in [0.05, 0.1) is 28.6 Å². The molecule has 1 aromatic heterocycles. The van der Waals surface area contributed by atoms with Gasteiger partial charge in [-0.15, -0.1) is 0 Å². The predicted molar refractivity (Wildman–Crippen MR) is 54.0 cm³/mol. The first-order valence-corrected chi connectivity index (χ1v) is 5.23. The van der Waals surface area contributed by atoms with Crippen LogP contribution in [-0.2, 0) is 6.54 Å². The number of aliphatic hydroxyl groups excluding tert-OH is 1. The second-order valence-electron chi connectivity index (χ2n) is 3.10. The lowest BCUT2D eigenvalue weighted by Gasteiger charge is -2.03. The highest BCUT2D eigenvalue weighted by Gasteiger charge is 2.29. The normalized spacial score (nSPS) is 16.8. The summed E-state index contributed by atoms with van der Waals surface area (Å²) in [5.41, 5.74) is 1.32. The van der Waals surface area contributed by atoms with E-state index < -0.39 is 0 Å². The van der Waals surface area contributed by atoms with E-state index in [4.69, 9.17) is 5.11 Å². The molecule has 0 atom stereocenters. The van der Waals surface area contributed by atoms with Crippen molar-refractivity contribution in [2.24, 2.45) is 0 Å². The average Bonchev–Trinajstić information content (AvgIpc) is 2.80. The average molecular weight is 278 g/mol. The standard InChI is InChI=1S/C8H11IN2O/c9-7-5-10-11(3-4-12)8(7)6-1-2-6/h5-6,12H,1-4H2. The van der Waals surface area contributed by atoms with Gasteiger partial charge in [0.15, 0.2) is 0 Å². The van der Waals surface area contributed by atoms with E-state index in [0.717, 1.165) is 0 Å². The van der Waals surface area contributed by atoms with Gasteiger partial charge in [0, 0.05) is 5.92 Å². The van der Waals surface area contributed by atoms with Crippen LogP contribution in [0.15, 0.2) is 6.20 Å². The summed E-state index contributed by atoms with van der Waals surface area (Å²) < 4.78 is 3.17. The van der Waals surface area contributed by atoms with Crippen molar-refractivity contribution < 1.29 is 5.11 Å². The van der Waals surface area contributed by atoms with Gasteiger partial charge in [-0.1, -0.05) is 0 Å². The SMILES string of the molecule is OCCn1ncc(I)c1C1CC1.